The van der Waals surface area contributed by atoms with E-state index in [1.165, 1.54) is 12.1 Å². The van der Waals surface area contributed by atoms with Gasteiger partial charge >= 0.3 is 0 Å². The van der Waals surface area contributed by atoms with E-state index in [0.717, 1.165) is 12.1 Å². The lowest BCUT2D eigenvalue weighted by molar-refractivity contribution is -0.119. The molecule has 2 aromatic rings. The maximum Gasteiger partial charge on any atom is 0.241 e. The minimum atomic E-state index is -4.07. The standard InChI is InChI=1S/C14H13FN2O3S/c15-11-7-4-8-12(9-11)21(19,20)17-13(14(16)18)10-5-2-1-3-6-10/h1-9,13,17H,(H2,16,18)/t13-/m0/s1. The Kier molecular flexibility index (Phi) is 4.35. The first-order chi connectivity index (χ1) is 9.90. The van der Waals surface area contributed by atoms with E-state index in [1.54, 1.807) is 30.3 Å². The molecule has 0 aliphatic carbocycles. The van der Waals surface area contributed by atoms with Gasteiger partial charge in [0, 0.05) is 0 Å². The molecular weight excluding hydrogens is 295 g/mol. The zero-order chi connectivity index (χ0) is 15.5. The van der Waals surface area contributed by atoms with Crippen molar-refractivity contribution in [2.24, 2.45) is 5.73 Å². The van der Waals surface area contributed by atoms with Gasteiger partial charge in [-0.2, -0.15) is 4.72 Å². The van der Waals surface area contributed by atoms with Gasteiger partial charge in [0.15, 0.2) is 0 Å². The zero-order valence-corrected chi connectivity index (χ0v) is 11.7. The second kappa shape index (κ2) is 6.02. The normalized spacial score (nSPS) is 12.8. The van der Waals surface area contributed by atoms with Crippen molar-refractivity contribution >= 4 is 15.9 Å². The number of primary amides is 1. The molecule has 5 nitrogen and oxygen atoms in total. The Morgan fingerprint density at radius 2 is 1.76 bits per heavy atom. The van der Waals surface area contributed by atoms with Crippen molar-refractivity contribution in [2.45, 2.75) is 10.9 Å². The molecule has 0 spiro atoms. The van der Waals surface area contributed by atoms with Crippen LogP contribution in [0.4, 0.5) is 4.39 Å². The Balaban J connectivity index is 2.35. The van der Waals surface area contributed by atoms with Gasteiger partial charge in [-0.05, 0) is 23.8 Å². The number of hydrogen-bond donors (Lipinski definition) is 2. The van der Waals surface area contributed by atoms with Gasteiger partial charge in [0.1, 0.15) is 11.9 Å². The molecule has 0 aromatic heterocycles. The first kappa shape index (κ1) is 15.1. The average molecular weight is 308 g/mol. The zero-order valence-electron chi connectivity index (χ0n) is 10.9. The lowest BCUT2D eigenvalue weighted by Crippen LogP contribution is -2.37. The van der Waals surface area contributed by atoms with Crippen LogP contribution in [0.2, 0.25) is 0 Å². The summed E-state index contributed by atoms with van der Waals surface area (Å²) in [5.41, 5.74) is 5.65. The average Bonchev–Trinajstić information content (AvgIpc) is 2.45. The first-order valence-corrected chi connectivity index (χ1v) is 7.50. The summed E-state index contributed by atoms with van der Waals surface area (Å²) in [6.45, 7) is 0. The highest BCUT2D eigenvalue weighted by molar-refractivity contribution is 7.89. The van der Waals surface area contributed by atoms with Crippen LogP contribution in [0.3, 0.4) is 0 Å². The Morgan fingerprint density at radius 3 is 2.33 bits per heavy atom. The number of halogens is 1. The van der Waals surface area contributed by atoms with Crippen LogP contribution in [-0.4, -0.2) is 14.3 Å². The summed E-state index contributed by atoms with van der Waals surface area (Å²) < 4.78 is 39.7. The van der Waals surface area contributed by atoms with Crippen LogP contribution in [-0.2, 0) is 14.8 Å². The molecule has 21 heavy (non-hydrogen) atoms. The van der Waals surface area contributed by atoms with Gasteiger partial charge in [0.2, 0.25) is 15.9 Å². The fraction of sp³-hybridized carbons (Fsp3) is 0.0714. The summed E-state index contributed by atoms with van der Waals surface area (Å²) in [4.78, 5) is 11.2. The first-order valence-electron chi connectivity index (χ1n) is 6.02. The Morgan fingerprint density at radius 1 is 1.10 bits per heavy atom. The third kappa shape index (κ3) is 3.65. The second-order valence-electron chi connectivity index (χ2n) is 4.32. The van der Waals surface area contributed by atoms with Crippen LogP contribution in [0.15, 0.2) is 59.5 Å². The van der Waals surface area contributed by atoms with Crippen LogP contribution in [0.25, 0.3) is 0 Å². The molecule has 0 saturated carbocycles. The van der Waals surface area contributed by atoms with Gasteiger partial charge < -0.3 is 5.73 Å². The van der Waals surface area contributed by atoms with Crippen LogP contribution in [0.1, 0.15) is 11.6 Å². The van der Waals surface area contributed by atoms with Gasteiger partial charge in [-0.1, -0.05) is 36.4 Å². The number of carbonyl (C=O) groups is 1. The minimum Gasteiger partial charge on any atom is -0.368 e. The number of carbonyl (C=O) groups excluding carboxylic acids is 1. The Bertz CT molecular complexity index is 748. The molecule has 0 unspecified atom stereocenters. The Hall–Kier alpha value is -2.25. The molecule has 2 aromatic carbocycles. The van der Waals surface area contributed by atoms with Crippen molar-refractivity contribution in [3.63, 3.8) is 0 Å². The lowest BCUT2D eigenvalue weighted by Gasteiger charge is -2.16. The Labute approximate surface area is 121 Å². The SMILES string of the molecule is NC(=O)[C@@H](NS(=O)(=O)c1cccc(F)c1)c1ccccc1. The fourth-order valence-corrected chi connectivity index (χ4v) is 3.02. The molecular formula is C14H13FN2O3S. The van der Waals surface area contributed by atoms with E-state index < -0.39 is 27.8 Å². The summed E-state index contributed by atoms with van der Waals surface area (Å²) in [7, 11) is -4.07. The predicted octanol–water partition coefficient (Wildman–Crippen LogP) is 1.33. The third-order valence-corrected chi connectivity index (χ3v) is 4.22. The van der Waals surface area contributed by atoms with Gasteiger partial charge in [0.05, 0.1) is 4.90 Å². The molecule has 2 rings (SSSR count). The quantitative estimate of drug-likeness (QED) is 0.873. The molecule has 3 N–H and O–H groups in total. The highest BCUT2D eigenvalue weighted by Crippen LogP contribution is 2.17. The number of nitrogens with two attached hydrogens (primary N) is 1. The van der Waals surface area contributed by atoms with Crippen molar-refractivity contribution in [3.8, 4) is 0 Å². The fourth-order valence-electron chi connectivity index (χ4n) is 1.79. The number of hydrogen-bond acceptors (Lipinski definition) is 3. The second-order valence-corrected chi connectivity index (χ2v) is 6.04. The van der Waals surface area contributed by atoms with Crippen molar-refractivity contribution in [1.29, 1.82) is 0 Å². The highest BCUT2D eigenvalue weighted by Gasteiger charge is 2.25. The summed E-state index contributed by atoms with van der Waals surface area (Å²) in [6, 6.07) is 11.5. The summed E-state index contributed by atoms with van der Waals surface area (Å²) in [5, 5.41) is 0. The molecule has 0 aliphatic heterocycles. The van der Waals surface area contributed by atoms with E-state index in [4.69, 9.17) is 5.73 Å². The van der Waals surface area contributed by atoms with E-state index in [2.05, 4.69) is 4.72 Å². The van der Waals surface area contributed by atoms with Crippen molar-refractivity contribution in [3.05, 3.63) is 66.0 Å². The molecule has 0 fully saturated rings. The van der Waals surface area contributed by atoms with Gasteiger partial charge in [-0.25, -0.2) is 12.8 Å². The molecule has 0 heterocycles. The molecule has 110 valence electrons. The number of nitrogens with one attached hydrogen (secondary N) is 1. The molecule has 0 bridgehead atoms. The van der Waals surface area contributed by atoms with E-state index in [0.29, 0.717) is 5.56 Å². The largest absolute Gasteiger partial charge is 0.368 e. The molecule has 7 heteroatoms. The van der Waals surface area contributed by atoms with Crippen LogP contribution in [0, 0.1) is 5.82 Å². The number of sulfonamides is 1. The number of benzene rings is 2. The smallest absolute Gasteiger partial charge is 0.241 e. The van der Waals surface area contributed by atoms with E-state index >= 15 is 0 Å². The van der Waals surface area contributed by atoms with Crippen LogP contribution < -0.4 is 10.5 Å². The summed E-state index contributed by atoms with van der Waals surface area (Å²) in [5.74, 6) is -1.53. The van der Waals surface area contributed by atoms with E-state index in [-0.39, 0.29) is 4.90 Å². The molecule has 0 radical (unpaired) electrons. The third-order valence-electron chi connectivity index (χ3n) is 2.80. The van der Waals surface area contributed by atoms with E-state index in [9.17, 15) is 17.6 Å². The van der Waals surface area contributed by atoms with Crippen molar-refractivity contribution in [2.75, 3.05) is 0 Å². The van der Waals surface area contributed by atoms with Crippen molar-refractivity contribution in [1.82, 2.24) is 4.72 Å². The lowest BCUT2D eigenvalue weighted by atomic mass is 10.1. The number of rotatable bonds is 5. The highest BCUT2D eigenvalue weighted by atomic mass is 32.2. The maximum atomic E-state index is 13.1. The molecule has 0 saturated heterocycles. The topological polar surface area (TPSA) is 89.3 Å². The van der Waals surface area contributed by atoms with Crippen molar-refractivity contribution < 1.29 is 17.6 Å². The summed E-state index contributed by atoms with van der Waals surface area (Å²) in [6.07, 6.45) is 0. The maximum absolute atomic E-state index is 13.1. The molecule has 1 amide bonds. The monoisotopic (exact) mass is 308 g/mol. The van der Waals surface area contributed by atoms with Gasteiger partial charge in [-0.15, -0.1) is 0 Å². The number of amides is 1. The van der Waals surface area contributed by atoms with Crippen LogP contribution in [0.5, 0.6) is 0 Å². The van der Waals surface area contributed by atoms with Crippen LogP contribution >= 0.6 is 0 Å². The minimum absolute atomic E-state index is 0.273. The van der Waals surface area contributed by atoms with Gasteiger partial charge in [0.25, 0.3) is 0 Å². The predicted molar refractivity (Wildman–Crippen MR) is 75.1 cm³/mol. The van der Waals surface area contributed by atoms with E-state index in [1.807, 2.05) is 0 Å². The summed E-state index contributed by atoms with van der Waals surface area (Å²) >= 11 is 0. The molecule has 1 atom stereocenters. The molecule has 0 aliphatic rings. The van der Waals surface area contributed by atoms with Gasteiger partial charge in [-0.3, -0.25) is 4.79 Å².